The number of fused-ring (bicyclic) bond motifs is 1. The van der Waals surface area contributed by atoms with Gasteiger partial charge in [-0.25, -0.2) is 4.39 Å². The van der Waals surface area contributed by atoms with E-state index in [0.717, 1.165) is 48.0 Å². The van der Waals surface area contributed by atoms with Gasteiger partial charge in [0.05, 0.1) is 6.61 Å². The molecule has 2 N–H and O–H groups in total. The quantitative estimate of drug-likeness (QED) is 0.361. The Morgan fingerprint density at radius 3 is 2.60 bits per heavy atom. The van der Waals surface area contributed by atoms with Gasteiger partial charge in [-0.1, -0.05) is 11.6 Å². The lowest BCUT2D eigenvalue weighted by Crippen LogP contribution is -2.51. The molecule has 0 radical (unpaired) electrons. The zero-order valence-corrected chi connectivity index (χ0v) is 19.6. The Hall–Kier alpha value is -1.78. The minimum absolute atomic E-state index is 0. The number of nitrogens with zero attached hydrogens (tertiary/aromatic N) is 3. The summed E-state index contributed by atoms with van der Waals surface area (Å²) in [4.78, 5) is 8.89. The van der Waals surface area contributed by atoms with E-state index in [-0.39, 0.29) is 36.6 Å². The summed E-state index contributed by atoms with van der Waals surface area (Å²) in [6.45, 7) is 4.36. The van der Waals surface area contributed by atoms with Gasteiger partial charge in [-0.05, 0) is 48.4 Å². The Bertz CT molecular complexity index is 889. The van der Waals surface area contributed by atoms with Crippen LogP contribution in [0.5, 0.6) is 5.75 Å². The molecule has 9 heteroatoms. The van der Waals surface area contributed by atoms with Crippen LogP contribution in [0.4, 0.5) is 10.1 Å². The standard InChI is InChI=1S/C21H24ClFN4O2.HI/c22-17-1-3-19(4-2-17)26-7-9-27(10-8-26)21(24)25-6-5-15-11-18(23)12-16-13-28-14-29-20(15)16;/h1-4,11-12H,5-10,13-14H2,(H2,24,25);1H. The van der Waals surface area contributed by atoms with Crippen LogP contribution >= 0.6 is 35.6 Å². The molecule has 1 saturated heterocycles. The number of benzene rings is 2. The highest BCUT2D eigenvalue weighted by molar-refractivity contribution is 14.0. The molecule has 2 aliphatic rings. The number of anilines is 1. The minimum Gasteiger partial charge on any atom is -0.467 e. The van der Waals surface area contributed by atoms with Crippen LogP contribution in [-0.2, 0) is 17.8 Å². The first-order valence-corrected chi connectivity index (χ1v) is 10.0. The second kappa shape index (κ2) is 10.5. The lowest BCUT2D eigenvalue weighted by atomic mass is 10.1. The van der Waals surface area contributed by atoms with Gasteiger partial charge < -0.3 is 25.0 Å². The molecule has 0 bridgehead atoms. The molecular weight excluding hydrogens is 522 g/mol. The van der Waals surface area contributed by atoms with E-state index in [4.69, 9.17) is 26.8 Å². The third-order valence-corrected chi connectivity index (χ3v) is 5.45. The first-order chi connectivity index (χ1) is 14.1. The molecule has 2 aromatic carbocycles. The van der Waals surface area contributed by atoms with E-state index in [1.165, 1.54) is 12.1 Å². The molecule has 2 heterocycles. The highest BCUT2D eigenvalue weighted by Gasteiger charge is 2.19. The third-order valence-electron chi connectivity index (χ3n) is 5.20. The van der Waals surface area contributed by atoms with Gasteiger partial charge in [0.2, 0.25) is 0 Å². The molecular formula is C21H25ClFIN4O2. The average molecular weight is 547 g/mol. The molecule has 0 aliphatic carbocycles. The summed E-state index contributed by atoms with van der Waals surface area (Å²) < 4.78 is 24.6. The van der Waals surface area contributed by atoms with E-state index in [1.54, 1.807) is 0 Å². The van der Waals surface area contributed by atoms with Crippen LogP contribution in [0.15, 0.2) is 41.4 Å². The fourth-order valence-electron chi connectivity index (χ4n) is 3.68. The average Bonchev–Trinajstić information content (AvgIpc) is 2.74. The van der Waals surface area contributed by atoms with Crippen LogP contribution in [0.3, 0.4) is 0 Å². The molecule has 6 nitrogen and oxygen atoms in total. The summed E-state index contributed by atoms with van der Waals surface area (Å²) in [5.41, 5.74) is 8.89. The number of hydrogen-bond acceptors (Lipinski definition) is 4. The van der Waals surface area contributed by atoms with Gasteiger partial charge in [0, 0.05) is 49.0 Å². The van der Waals surface area contributed by atoms with Crippen molar-refractivity contribution in [2.75, 3.05) is 44.4 Å². The summed E-state index contributed by atoms with van der Waals surface area (Å²) in [6, 6.07) is 10.8. The van der Waals surface area contributed by atoms with Crippen LogP contribution in [-0.4, -0.2) is 50.4 Å². The Morgan fingerprint density at radius 2 is 1.87 bits per heavy atom. The van der Waals surface area contributed by atoms with Gasteiger partial charge in [-0.3, -0.25) is 4.99 Å². The number of guanidine groups is 1. The van der Waals surface area contributed by atoms with E-state index in [1.807, 2.05) is 24.3 Å². The Kier molecular flexibility index (Phi) is 8.01. The topological polar surface area (TPSA) is 63.3 Å². The van der Waals surface area contributed by atoms with Crippen molar-refractivity contribution in [2.45, 2.75) is 13.0 Å². The predicted octanol–water partition coefficient (Wildman–Crippen LogP) is 3.64. The largest absolute Gasteiger partial charge is 0.467 e. The molecule has 0 atom stereocenters. The summed E-state index contributed by atoms with van der Waals surface area (Å²) in [5.74, 6) is 0.946. The summed E-state index contributed by atoms with van der Waals surface area (Å²) in [7, 11) is 0. The van der Waals surface area contributed by atoms with Gasteiger partial charge in [0.15, 0.2) is 12.8 Å². The van der Waals surface area contributed by atoms with Crippen molar-refractivity contribution in [3.05, 3.63) is 58.4 Å². The highest BCUT2D eigenvalue weighted by Crippen LogP contribution is 2.29. The number of hydrogen-bond donors (Lipinski definition) is 1. The van der Waals surface area contributed by atoms with Crippen molar-refractivity contribution >= 4 is 47.2 Å². The molecule has 1 fully saturated rings. The summed E-state index contributed by atoms with van der Waals surface area (Å²) in [6.07, 6.45) is 0.561. The predicted molar refractivity (Wildman–Crippen MR) is 128 cm³/mol. The molecule has 0 spiro atoms. The van der Waals surface area contributed by atoms with E-state index < -0.39 is 0 Å². The number of nitrogens with two attached hydrogens (primary N) is 1. The molecule has 0 saturated carbocycles. The van der Waals surface area contributed by atoms with Gasteiger partial charge in [-0.2, -0.15) is 0 Å². The number of halogens is 3. The minimum atomic E-state index is -0.289. The molecule has 2 aromatic rings. The number of rotatable bonds is 4. The molecule has 0 amide bonds. The third kappa shape index (κ3) is 5.47. The second-order valence-electron chi connectivity index (χ2n) is 7.10. The van der Waals surface area contributed by atoms with Crippen LogP contribution in [0.1, 0.15) is 11.1 Å². The Balaban J connectivity index is 0.00000256. The van der Waals surface area contributed by atoms with Crippen LogP contribution in [0.2, 0.25) is 5.02 Å². The first kappa shape index (κ1) is 22.9. The Labute approximate surface area is 197 Å². The summed E-state index contributed by atoms with van der Waals surface area (Å²) in [5, 5.41) is 0.737. The van der Waals surface area contributed by atoms with Crippen molar-refractivity contribution in [3.63, 3.8) is 0 Å². The maximum atomic E-state index is 13.8. The smallest absolute Gasteiger partial charge is 0.191 e. The molecule has 30 heavy (non-hydrogen) atoms. The zero-order chi connectivity index (χ0) is 20.2. The van der Waals surface area contributed by atoms with Gasteiger partial charge in [0.25, 0.3) is 0 Å². The summed E-state index contributed by atoms with van der Waals surface area (Å²) >= 11 is 5.96. The first-order valence-electron chi connectivity index (χ1n) is 9.67. The molecule has 162 valence electrons. The van der Waals surface area contributed by atoms with Gasteiger partial charge in [-0.15, -0.1) is 24.0 Å². The van der Waals surface area contributed by atoms with Gasteiger partial charge >= 0.3 is 0 Å². The van der Waals surface area contributed by atoms with Gasteiger partial charge in [0.1, 0.15) is 11.6 Å². The highest BCUT2D eigenvalue weighted by atomic mass is 127. The Morgan fingerprint density at radius 1 is 1.13 bits per heavy atom. The van der Waals surface area contributed by atoms with Crippen molar-refractivity contribution in [1.82, 2.24) is 4.90 Å². The zero-order valence-electron chi connectivity index (χ0n) is 16.5. The monoisotopic (exact) mass is 546 g/mol. The van der Waals surface area contributed by atoms with Crippen molar-refractivity contribution in [3.8, 4) is 5.75 Å². The maximum absolute atomic E-state index is 13.8. The van der Waals surface area contributed by atoms with Crippen LogP contribution in [0.25, 0.3) is 0 Å². The van der Waals surface area contributed by atoms with E-state index in [2.05, 4.69) is 14.8 Å². The maximum Gasteiger partial charge on any atom is 0.191 e. The number of aliphatic imine (C=N–C) groups is 1. The fraction of sp³-hybridized carbons (Fsp3) is 0.381. The van der Waals surface area contributed by atoms with Crippen LogP contribution in [0, 0.1) is 5.82 Å². The van der Waals surface area contributed by atoms with Crippen molar-refractivity contribution < 1.29 is 13.9 Å². The van der Waals surface area contributed by atoms with E-state index in [9.17, 15) is 4.39 Å². The van der Waals surface area contributed by atoms with Crippen molar-refractivity contribution in [2.24, 2.45) is 10.7 Å². The SMILES string of the molecule is I.NC(=NCCc1cc(F)cc2c1OCOC2)N1CCN(c2ccc(Cl)cc2)CC1. The lowest BCUT2D eigenvalue weighted by Gasteiger charge is -2.36. The molecule has 2 aliphatic heterocycles. The fourth-order valence-corrected chi connectivity index (χ4v) is 3.80. The van der Waals surface area contributed by atoms with E-state index in [0.29, 0.717) is 31.3 Å². The molecule has 4 rings (SSSR count). The van der Waals surface area contributed by atoms with E-state index >= 15 is 0 Å². The number of piperazine rings is 1. The normalized spacial score (nSPS) is 16.5. The lowest BCUT2D eigenvalue weighted by molar-refractivity contribution is -0.0172. The molecule has 0 unspecified atom stereocenters. The second-order valence-corrected chi connectivity index (χ2v) is 7.54. The number of ether oxygens (including phenoxy) is 2. The van der Waals surface area contributed by atoms with Crippen LogP contribution < -0.4 is 15.4 Å². The van der Waals surface area contributed by atoms with Crippen molar-refractivity contribution in [1.29, 1.82) is 0 Å². The molecule has 0 aromatic heterocycles.